The summed E-state index contributed by atoms with van der Waals surface area (Å²) in [6.45, 7) is 7.09. The van der Waals surface area contributed by atoms with Crippen molar-refractivity contribution >= 4 is 10.8 Å². The highest BCUT2D eigenvalue weighted by atomic mass is 32.2. The first-order chi connectivity index (χ1) is 6.54. The van der Waals surface area contributed by atoms with Crippen LogP contribution in [0, 0.1) is 11.8 Å². The predicted octanol–water partition coefficient (Wildman–Crippen LogP) is 1.91. The van der Waals surface area contributed by atoms with Crippen molar-refractivity contribution in [2.45, 2.75) is 50.5 Å². The molecule has 14 heavy (non-hydrogen) atoms. The monoisotopic (exact) mass is 217 g/mol. The minimum Gasteiger partial charge on any atom is -0.329 e. The van der Waals surface area contributed by atoms with Crippen molar-refractivity contribution in [3.05, 3.63) is 0 Å². The van der Waals surface area contributed by atoms with E-state index in [1.165, 1.54) is 6.42 Å². The highest BCUT2D eigenvalue weighted by Crippen LogP contribution is 2.32. The van der Waals surface area contributed by atoms with Gasteiger partial charge in [0, 0.05) is 27.8 Å². The summed E-state index contributed by atoms with van der Waals surface area (Å²) in [6, 6.07) is 0. The van der Waals surface area contributed by atoms with E-state index in [-0.39, 0.29) is 5.25 Å². The zero-order chi connectivity index (χ0) is 10.7. The van der Waals surface area contributed by atoms with Gasteiger partial charge in [-0.15, -0.1) is 0 Å². The average molecular weight is 217 g/mol. The lowest BCUT2D eigenvalue weighted by atomic mass is 9.83. The van der Waals surface area contributed by atoms with Crippen LogP contribution in [0.3, 0.4) is 0 Å². The lowest BCUT2D eigenvalue weighted by Crippen LogP contribution is -2.34. The normalized spacial score (nSPS) is 37.9. The maximum absolute atomic E-state index is 12.1. The molecule has 1 aliphatic rings. The van der Waals surface area contributed by atoms with E-state index >= 15 is 0 Å². The van der Waals surface area contributed by atoms with Gasteiger partial charge in [0.25, 0.3) is 0 Å². The molecule has 1 rings (SSSR count). The lowest BCUT2D eigenvalue weighted by Gasteiger charge is -2.32. The number of nitrogens with two attached hydrogens (primary N) is 1. The highest BCUT2D eigenvalue weighted by Gasteiger charge is 2.29. The first-order valence-corrected chi connectivity index (χ1v) is 6.91. The van der Waals surface area contributed by atoms with Gasteiger partial charge in [-0.05, 0) is 38.0 Å². The zero-order valence-corrected chi connectivity index (χ0v) is 10.3. The largest absolute Gasteiger partial charge is 0.329 e. The second kappa shape index (κ2) is 5.26. The SMILES string of the molecule is CC1CC(C)CC(S(=O)C(C)CN)C1. The second-order valence-electron chi connectivity index (χ2n) is 4.91. The van der Waals surface area contributed by atoms with E-state index < -0.39 is 10.8 Å². The van der Waals surface area contributed by atoms with Gasteiger partial charge in [0.2, 0.25) is 0 Å². The Kier molecular flexibility index (Phi) is 4.58. The number of hydrogen-bond acceptors (Lipinski definition) is 2. The molecule has 1 aliphatic carbocycles. The van der Waals surface area contributed by atoms with E-state index in [9.17, 15) is 4.21 Å². The Morgan fingerprint density at radius 3 is 2.21 bits per heavy atom. The second-order valence-corrected chi connectivity index (χ2v) is 7.04. The van der Waals surface area contributed by atoms with Crippen molar-refractivity contribution in [1.29, 1.82) is 0 Å². The van der Waals surface area contributed by atoms with Gasteiger partial charge < -0.3 is 5.73 Å². The molecule has 0 bridgehead atoms. The van der Waals surface area contributed by atoms with Gasteiger partial charge in [-0.2, -0.15) is 0 Å². The van der Waals surface area contributed by atoms with Crippen molar-refractivity contribution in [2.75, 3.05) is 6.54 Å². The lowest BCUT2D eigenvalue weighted by molar-refractivity contribution is 0.305. The molecule has 0 saturated heterocycles. The standard InChI is InChI=1S/C11H23NOS/c1-8-4-9(2)6-11(5-8)14(13)10(3)7-12/h8-11H,4-7,12H2,1-3H3. The van der Waals surface area contributed by atoms with Crippen LogP contribution >= 0.6 is 0 Å². The first kappa shape index (κ1) is 12.2. The van der Waals surface area contributed by atoms with Crippen LogP contribution in [-0.4, -0.2) is 21.3 Å². The van der Waals surface area contributed by atoms with E-state index in [0.717, 1.165) is 24.7 Å². The van der Waals surface area contributed by atoms with Crippen LogP contribution < -0.4 is 5.73 Å². The van der Waals surface area contributed by atoms with Crippen LogP contribution in [0.4, 0.5) is 0 Å². The van der Waals surface area contributed by atoms with Crippen LogP contribution in [-0.2, 0) is 10.8 Å². The van der Waals surface area contributed by atoms with Gasteiger partial charge in [0.1, 0.15) is 0 Å². The van der Waals surface area contributed by atoms with Gasteiger partial charge in [-0.25, -0.2) is 0 Å². The highest BCUT2D eigenvalue weighted by molar-refractivity contribution is 7.86. The smallest absolute Gasteiger partial charge is 0.0445 e. The summed E-state index contributed by atoms with van der Waals surface area (Å²) >= 11 is 0. The van der Waals surface area contributed by atoms with E-state index in [1.54, 1.807) is 0 Å². The molecule has 1 fully saturated rings. The maximum atomic E-state index is 12.1. The molecule has 0 amide bonds. The summed E-state index contributed by atoms with van der Waals surface area (Å²) in [7, 11) is -0.718. The Hall–Kier alpha value is 0.110. The number of hydrogen-bond donors (Lipinski definition) is 1. The van der Waals surface area contributed by atoms with Gasteiger partial charge >= 0.3 is 0 Å². The van der Waals surface area contributed by atoms with Crippen molar-refractivity contribution in [2.24, 2.45) is 17.6 Å². The minimum absolute atomic E-state index is 0.164. The summed E-state index contributed by atoms with van der Waals surface area (Å²) in [6.07, 6.45) is 3.55. The average Bonchev–Trinajstić information content (AvgIpc) is 2.14. The summed E-state index contributed by atoms with van der Waals surface area (Å²) < 4.78 is 12.1. The number of rotatable bonds is 3. The molecule has 0 aromatic carbocycles. The molecule has 3 heteroatoms. The molecule has 2 N–H and O–H groups in total. The summed E-state index contributed by atoms with van der Waals surface area (Å²) in [5.74, 6) is 1.47. The third kappa shape index (κ3) is 3.06. The summed E-state index contributed by atoms with van der Waals surface area (Å²) in [5, 5.41) is 0.560. The molecule has 0 radical (unpaired) electrons. The van der Waals surface area contributed by atoms with Gasteiger partial charge in [-0.1, -0.05) is 13.8 Å². The van der Waals surface area contributed by atoms with Gasteiger partial charge in [-0.3, -0.25) is 4.21 Å². The maximum Gasteiger partial charge on any atom is 0.0445 e. The molecule has 0 aromatic heterocycles. The summed E-state index contributed by atoms with van der Waals surface area (Å²) in [5.41, 5.74) is 5.56. The molecule has 0 aliphatic heterocycles. The van der Waals surface area contributed by atoms with E-state index in [4.69, 9.17) is 5.73 Å². The van der Waals surface area contributed by atoms with Crippen LogP contribution in [0.5, 0.6) is 0 Å². The quantitative estimate of drug-likeness (QED) is 0.784. The molecule has 2 nitrogen and oxygen atoms in total. The minimum atomic E-state index is -0.718. The predicted molar refractivity (Wildman–Crippen MR) is 62.6 cm³/mol. The van der Waals surface area contributed by atoms with Crippen LogP contribution in [0.2, 0.25) is 0 Å². The van der Waals surface area contributed by atoms with E-state index in [2.05, 4.69) is 13.8 Å². The molecule has 0 spiro atoms. The van der Waals surface area contributed by atoms with Crippen LogP contribution in [0.25, 0.3) is 0 Å². The fraction of sp³-hybridized carbons (Fsp3) is 1.00. The molecule has 1 saturated carbocycles. The molecule has 4 unspecified atom stereocenters. The van der Waals surface area contributed by atoms with E-state index in [0.29, 0.717) is 11.8 Å². The van der Waals surface area contributed by atoms with Crippen molar-refractivity contribution in [3.63, 3.8) is 0 Å². The third-order valence-electron chi connectivity index (χ3n) is 3.19. The molecule has 84 valence electrons. The van der Waals surface area contributed by atoms with Gasteiger partial charge in [0.15, 0.2) is 0 Å². The molecular formula is C11H23NOS. The summed E-state index contributed by atoms with van der Waals surface area (Å²) in [4.78, 5) is 0. The Morgan fingerprint density at radius 2 is 1.79 bits per heavy atom. The van der Waals surface area contributed by atoms with Crippen molar-refractivity contribution < 1.29 is 4.21 Å². The Labute approximate surface area is 90.1 Å². The first-order valence-electron chi connectivity index (χ1n) is 5.64. The van der Waals surface area contributed by atoms with Crippen molar-refractivity contribution in [1.82, 2.24) is 0 Å². The Balaban J connectivity index is 2.54. The van der Waals surface area contributed by atoms with Crippen molar-refractivity contribution in [3.8, 4) is 0 Å². The fourth-order valence-electron chi connectivity index (χ4n) is 2.49. The zero-order valence-electron chi connectivity index (χ0n) is 9.53. The van der Waals surface area contributed by atoms with Crippen LogP contribution in [0.15, 0.2) is 0 Å². The molecular weight excluding hydrogens is 194 g/mol. The topological polar surface area (TPSA) is 43.1 Å². The van der Waals surface area contributed by atoms with Crippen LogP contribution in [0.1, 0.15) is 40.0 Å². The molecule has 0 aromatic rings. The van der Waals surface area contributed by atoms with E-state index in [1.807, 2.05) is 6.92 Å². The third-order valence-corrected chi connectivity index (χ3v) is 5.22. The Morgan fingerprint density at radius 1 is 1.29 bits per heavy atom. The fourth-order valence-corrected chi connectivity index (χ4v) is 4.37. The van der Waals surface area contributed by atoms with Gasteiger partial charge in [0.05, 0.1) is 0 Å². The molecule has 0 heterocycles. The molecule has 4 atom stereocenters. The Bertz CT molecular complexity index is 197.